The maximum atomic E-state index is 13.6. The number of sulfonamides is 1. The van der Waals surface area contributed by atoms with Crippen LogP contribution in [0, 0.1) is 18.3 Å². The molecule has 2 aromatic carbocycles. The SMILES string of the molecule is Cc1cc(C(C)(CCN2CCCN(S(C)(=O)=O)CC2)C(=O)NCc2ccc(C#N)cc2)ccc1Cl. The van der Waals surface area contributed by atoms with Crippen molar-refractivity contribution in [2.24, 2.45) is 0 Å². The minimum absolute atomic E-state index is 0.0869. The van der Waals surface area contributed by atoms with Gasteiger partial charge in [0.15, 0.2) is 0 Å². The number of nitrogens with zero attached hydrogens (tertiary/aromatic N) is 3. The van der Waals surface area contributed by atoms with Crippen LogP contribution in [0.15, 0.2) is 42.5 Å². The van der Waals surface area contributed by atoms with Gasteiger partial charge in [-0.15, -0.1) is 0 Å². The molecule has 35 heavy (non-hydrogen) atoms. The number of nitrogens with one attached hydrogen (secondary N) is 1. The summed E-state index contributed by atoms with van der Waals surface area (Å²) in [6.07, 6.45) is 2.58. The molecule has 7 nitrogen and oxygen atoms in total. The van der Waals surface area contributed by atoms with E-state index < -0.39 is 15.4 Å². The molecule has 0 aliphatic carbocycles. The molecule has 3 rings (SSSR count). The molecule has 0 radical (unpaired) electrons. The maximum absolute atomic E-state index is 13.6. The lowest BCUT2D eigenvalue weighted by atomic mass is 9.77. The van der Waals surface area contributed by atoms with Gasteiger partial charge in [0.1, 0.15) is 0 Å². The van der Waals surface area contributed by atoms with Crippen molar-refractivity contribution < 1.29 is 13.2 Å². The topological polar surface area (TPSA) is 93.5 Å². The van der Waals surface area contributed by atoms with Crippen LogP contribution in [-0.2, 0) is 26.8 Å². The van der Waals surface area contributed by atoms with E-state index in [2.05, 4.69) is 16.3 Å². The molecule has 0 aromatic heterocycles. The van der Waals surface area contributed by atoms with Crippen molar-refractivity contribution in [3.63, 3.8) is 0 Å². The average molecular weight is 517 g/mol. The summed E-state index contributed by atoms with van der Waals surface area (Å²) in [5.74, 6) is -0.0869. The monoisotopic (exact) mass is 516 g/mol. The normalized spacial score (nSPS) is 17.2. The highest BCUT2D eigenvalue weighted by Gasteiger charge is 2.36. The molecule has 1 saturated heterocycles. The fraction of sp³-hybridized carbons (Fsp3) is 0.462. The molecule has 1 aliphatic rings. The Bertz CT molecular complexity index is 1190. The Kier molecular flexibility index (Phi) is 8.94. The number of benzene rings is 2. The molecular formula is C26H33ClN4O3S. The lowest BCUT2D eigenvalue weighted by molar-refractivity contribution is -0.126. The number of hydrogen-bond donors (Lipinski definition) is 1. The van der Waals surface area contributed by atoms with Gasteiger partial charge in [-0.05, 0) is 74.7 Å². The second kappa shape index (κ2) is 11.5. The highest BCUT2D eigenvalue weighted by atomic mass is 35.5. The van der Waals surface area contributed by atoms with Crippen LogP contribution in [0.2, 0.25) is 5.02 Å². The van der Waals surface area contributed by atoms with Gasteiger partial charge >= 0.3 is 0 Å². The standard InChI is InChI=1S/C26H33ClN4O3S/c1-20-17-23(9-10-24(20)27)26(2,25(32)29-19-22-7-5-21(18-28)6-8-22)11-14-30-12-4-13-31(16-15-30)35(3,33)34/h5-10,17H,4,11-16,19H2,1-3H3,(H,29,32). The molecule has 1 atom stereocenters. The van der Waals surface area contributed by atoms with Gasteiger partial charge in [0.05, 0.1) is 23.3 Å². The molecule has 1 aliphatic heterocycles. The molecule has 1 amide bonds. The molecule has 0 saturated carbocycles. The first-order valence-electron chi connectivity index (χ1n) is 11.7. The third-order valence-corrected chi connectivity index (χ3v) is 8.50. The third-order valence-electron chi connectivity index (χ3n) is 6.78. The van der Waals surface area contributed by atoms with Gasteiger partial charge in [0.25, 0.3) is 0 Å². The van der Waals surface area contributed by atoms with Crippen LogP contribution in [-0.4, -0.2) is 62.5 Å². The summed E-state index contributed by atoms with van der Waals surface area (Å²) >= 11 is 6.26. The Hall–Kier alpha value is -2.44. The predicted octanol–water partition coefficient (Wildman–Crippen LogP) is 3.45. The molecule has 0 bridgehead atoms. The largest absolute Gasteiger partial charge is 0.351 e. The first kappa shape index (κ1) is 27.2. The zero-order chi connectivity index (χ0) is 25.6. The van der Waals surface area contributed by atoms with Crippen LogP contribution >= 0.6 is 11.6 Å². The van der Waals surface area contributed by atoms with Crippen LogP contribution in [0.1, 0.15) is 42.0 Å². The van der Waals surface area contributed by atoms with E-state index in [9.17, 15) is 13.2 Å². The van der Waals surface area contributed by atoms with Crippen molar-refractivity contribution in [1.29, 1.82) is 5.26 Å². The Balaban J connectivity index is 1.75. The number of aryl methyl sites for hydroxylation is 1. The zero-order valence-corrected chi connectivity index (χ0v) is 22.1. The number of carbonyl (C=O) groups is 1. The van der Waals surface area contributed by atoms with Gasteiger partial charge < -0.3 is 10.2 Å². The predicted molar refractivity (Wildman–Crippen MR) is 139 cm³/mol. The van der Waals surface area contributed by atoms with Crippen LogP contribution in [0.5, 0.6) is 0 Å². The molecule has 1 N–H and O–H groups in total. The first-order chi connectivity index (χ1) is 16.5. The summed E-state index contributed by atoms with van der Waals surface area (Å²) in [6.45, 7) is 7.30. The number of rotatable bonds is 8. The van der Waals surface area contributed by atoms with Gasteiger partial charge in [0, 0.05) is 31.2 Å². The molecular weight excluding hydrogens is 484 g/mol. The number of amides is 1. The first-order valence-corrected chi connectivity index (χ1v) is 14.0. The summed E-state index contributed by atoms with van der Waals surface area (Å²) < 4.78 is 25.4. The van der Waals surface area contributed by atoms with E-state index in [0.29, 0.717) is 49.7 Å². The second-order valence-corrected chi connectivity index (χ2v) is 11.8. The van der Waals surface area contributed by atoms with Crippen molar-refractivity contribution in [3.05, 3.63) is 69.7 Å². The molecule has 1 fully saturated rings. The average Bonchev–Trinajstić information content (AvgIpc) is 3.09. The summed E-state index contributed by atoms with van der Waals surface area (Å²) in [5, 5.41) is 12.7. The van der Waals surface area contributed by atoms with E-state index >= 15 is 0 Å². The van der Waals surface area contributed by atoms with Crippen molar-refractivity contribution in [2.45, 2.75) is 38.6 Å². The molecule has 2 aromatic rings. The minimum atomic E-state index is -3.21. The van der Waals surface area contributed by atoms with E-state index in [1.807, 2.05) is 44.2 Å². The molecule has 1 unspecified atom stereocenters. The van der Waals surface area contributed by atoms with Crippen molar-refractivity contribution in [2.75, 3.05) is 39.0 Å². The van der Waals surface area contributed by atoms with Gasteiger partial charge in [-0.25, -0.2) is 12.7 Å². The minimum Gasteiger partial charge on any atom is -0.351 e. The number of nitriles is 1. The molecule has 1 heterocycles. The van der Waals surface area contributed by atoms with Crippen LogP contribution in [0.4, 0.5) is 0 Å². The lowest BCUT2D eigenvalue weighted by Gasteiger charge is -2.32. The lowest BCUT2D eigenvalue weighted by Crippen LogP contribution is -2.44. The zero-order valence-electron chi connectivity index (χ0n) is 20.6. The van der Waals surface area contributed by atoms with Gasteiger partial charge in [-0.2, -0.15) is 5.26 Å². The highest BCUT2D eigenvalue weighted by molar-refractivity contribution is 7.88. The fourth-order valence-electron chi connectivity index (χ4n) is 4.34. The van der Waals surface area contributed by atoms with Crippen molar-refractivity contribution >= 4 is 27.5 Å². The number of hydrogen-bond acceptors (Lipinski definition) is 5. The Morgan fingerprint density at radius 3 is 2.49 bits per heavy atom. The molecule has 0 spiro atoms. The number of halogens is 1. The second-order valence-electron chi connectivity index (χ2n) is 9.39. The van der Waals surface area contributed by atoms with Crippen LogP contribution in [0.25, 0.3) is 0 Å². The number of carbonyl (C=O) groups excluding carboxylic acids is 1. The fourth-order valence-corrected chi connectivity index (χ4v) is 5.33. The van der Waals surface area contributed by atoms with Crippen LogP contribution in [0.3, 0.4) is 0 Å². The molecule has 9 heteroatoms. The Morgan fingerprint density at radius 2 is 1.86 bits per heavy atom. The van der Waals surface area contributed by atoms with Gasteiger partial charge in [-0.3, -0.25) is 4.79 Å². The Labute approximate surface area is 213 Å². The van der Waals surface area contributed by atoms with Crippen LogP contribution < -0.4 is 5.32 Å². The van der Waals surface area contributed by atoms with Crippen molar-refractivity contribution in [3.8, 4) is 6.07 Å². The third kappa shape index (κ3) is 7.05. The highest BCUT2D eigenvalue weighted by Crippen LogP contribution is 2.31. The maximum Gasteiger partial charge on any atom is 0.230 e. The van der Waals surface area contributed by atoms with Gasteiger partial charge in [0.2, 0.25) is 15.9 Å². The van der Waals surface area contributed by atoms with E-state index in [4.69, 9.17) is 16.9 Å². The van der Waals surface area contributed by atoms with Crippen molar-refractivity contribution in [1.82, 2.24) is 14.5 Å². The summed E-state index contributed by atoms with van der Waals surface area (Å²) in [6, 6.07) is 15.0. The van der Waals surface area contributed by atoms with E-state index in [-0.39, 0.29) is 5.91 Å². The quantitative estimate of drug-likeness (QED) is 0.580. The smallest absolute Gasteiger partial charge is 0.230 e. The molecule has 188 valence electrons. The van der Waals surface area contributed by atoms with E-state index in [1.54, 1.807) is 12.1 Å². The summed E-state index contributed by atoms with van der Waals surface area (Å²) in [4.78, 5) is 15.8. The van der Waals surface area contributed by atoms with E-state index in [0.717, 1.165) is 29.7 Å². The summed E-state index contributed by atoms with van der Waals surface area (Å²) in [5.41, 5.74) is 2.50. The van der Waals surface area contributed by atoms with E-state index in [1.165, 1.54) is 10.6 Å². The summed E-state index contributed by atoms with van der Waals surface area (Å²) in [7, 11) is -3.21. The van der Waals surface area contributed by atoms with Gasteiger partial charge in [-0.1, -0.05) is 35.9 Å². The Morgan fingerprint density at radius 1 is 1.14 bits per heavy atom.